The minimum absolute atomic E-state index is 0.179. The number of nitrogens with one attached hydrogen (secondary N) is 1. The summed E-state index contributed by atoms with van der Waals surface area (Å²) in [5, 5.41) is 2.92. The van der Waals surface area contributed by atoms with E-state index in [9.17, 15) is 9.59 Å². The van der Waals surface area contributed by atoms with E-state index in [2.05, 4.69) is 24.1 Å². The van der Waals surface area contributed by atoms with Gasteiger partial charge in [0.1, 0.15) is 0 Å². The van der Waals surface area contributed by atoms with E-state index in [-0.39, 0.29) is 11.8 Å². The van der Waals surface area contributed by atoms with Crippen LogP contribution in [0, 0.1) is 0 Å². The van der Waals surface area contributed by atoms with Crippen molar-refractivity contribution in [2.75, 3.05) is 38.1 Å². The lowest BCUT2D eigenvalue weighted by Gasteiger charge is -2.37. The number of amides is 2. The summed E-state index contributed by atoms with van der Waals surface area (Å²) in [5.41, 5.74) is 0.857. The van der Waals surface area contributed by atoms with Gasteiger partial charge in [-0.15, -0.1) is 0 Å². The summed E-state index contributed by atoms with van der Waals surface area (Å²) in [7, 11) is 1.72. The lowest BCUT2D eigenvalue weighted by atomic mass is 10.1. The number of hydrogen-bond acceptors (Lipinski definition) is 4. The maximum absolute atomic E-state index is 12.7. The standard InChI is InChI=1S/C17H25N3O2S/c1-5-20(6-2)12-11-18-15(21)17(3)16(22)19(4)13-9-7-8-10-14(13)23-17/h7-10H,5-6,11-12H2,1-4H3,(H,18,21)/t17-/m0/s1. The first-order chi connectivity index (χ1) is 10.9. The highest BCUT2D eigenvalue weighted by atomic mass is 32.2. The van der Waals surface area contributed by atoms with Crippen molar-refractivity contribution in [1.29, 1.82) is 0 Å². The molecule has 2 amide bonds. The fourth-order valence-corrected chi connectivity index (χ4v) is 3.98. The SMILES string of the molecule is CCN(CC)CCNC(=O)[C@]1(C)Sc2ccccc2N(C)C1=O. The zero-order chi connectivity index (χ0) is 17.0. The van der Waals surface area contributed by atoms with Gasteiger partial charge in [0.2, 0.25) is 5.91 Å². The van der Waals surface area contributed by atoms with Crippen LogP contribution in [-0.2, 0) is 9.59 Å². The molecule has 1 N–H and O–H groups in total. The van der Waals surface area contributed by atoms with Gasteiger partial charge in [-0.05, 0) is 32.1 Å². The zero-order valence-electron chi connectivity index (χ0n) is 14.3. The summed E-state index contributed by atoms with van der Waals surface area (Å²) in [5.74, 6) is -0.400. The molecule has 0 saturated carbocycles. The van der Waals surface area contributed by atoms with Crippen molar-refractivity contribution in [2.45, 2.75) is 30.4 Å². The maximum atomic E-state index is 12.7. The highest BCUT2D eigenvalue weighted by Crippen LogP contribution is 2.44. The molecule has 1 aromatic carbocycles. The number of hydrogen-bond donors (Lipinski definition) is 1. The molecule has 5 nitrogen and oxygen atoms in total. The molecule has 1 atom stereocenters. The molecular weight excluding hydrogens is 310 g/mol. The Morgan fingerprint density at radius 2 is 1.96 bits per heavy atom. The number of thioether (sulfide) groups is 1. The van der Waals surface area contributed by atoms with Crippen LogP contribution in [0.5, 0.6) is 0 Å². The first-order valence-electron chi connectivity index (χ1n) is 8.00. The third-order valence-electron chi connectivity index (χ3n) is 4.29. The second-order valence-electron chi connectivity index (χ2n) is 5.75. The molecule has 6 heteroatoms. The van der Waals surface area contributed by atoms with Crippen molar-refractivity contribution in [3.8, 4) is 0 Å². The van der Waals surface area contributed by atoms with Crippen LogP contribution in [0.4, 0.5) is 5.69 Å². The topological polar surface area (TPSA) is 52.7 Å². The first kappa shape index (κ1) is 17.8. The van der Waals surface area contributed by atoms with Crippen LogP contribution < -0.4 is 10.2 Å². The first-order valence-corrected chi connectivity index (χ1v) is 8.82. The van der Waals surface area contributed by atoms with Crippen molar-refractivity contribution in [3.05, 3.63) is 24.3 Å². The van der Waals surface area contributed by atoms with Crippen molar-refractivity contribution in [1.82, 2.24) is 10.2 Å². The highest BCUT2D eigenvalue weighted by Gasteiger charge is 2.48. The Morgan fingerprint density at radius 3 is 2.61 bits per heavy atom. The number of fused-ring (bicyclic) bond motifs is 1. The molecule has 0 radical (unpaired) electrons. The fourth-order valence-electron chi connectivity index (χ4n) is 2.69. The monoisotopic (exact) mass is 335 g/mol. The largest absolute Gasteiger partial charge is 0.353 e. The molecule has 23 heavy (non-hydrogen) atoms. The molecule has 1 heterocycles. The van der Waals surface area contributed by atoms with Gasteiger partial charge in [-0.1, -0.05) is 37.7 Å². The molecule has 0 spiro atoms. The number of carbonyl (C=O) groups excluding carboxylic acids is 2. The van der Waals surface area contributed by atoms with Gasteiger partial charge >= 0.3 is 0 Å². The lowest BCUT2D eigenvalue weighted by Crippen LogP contribution is -2.56. The van der Waals surface area contributed by atoms with Gasteiger partial charge in [0.25, 0.3) is 5.91 Å². The van der Waals surface area contributed by atoms with E-state index in [0.29, 0.717) is 6.54 Å². The van der Waals surface area contributed by atoms with Gasteiger partial charge in [-0.2, -0.15) is 0 Å². The number of rotatable bonds is 6. The minimum atomic E-state index is -1.12. The van der Waals surface area contributed by atoms with Gasteiger partial charge in [0, 0.05) is 25.0 Å². The molecule has 1 aliphatic heterocycles. The smallest absolute Gasteiger partial charge is 0.252 e. The third kappa shape index (κ3) is 3.53. The number of likely N-dealkylation sites (N-methyl/N-ethyl adjacent to an activating group) is 1. The Kier molecular flexibility index (Phi) is 5.70. The van der Waals surface area contributed by atoms with Crippen molar-refractivity contribution >= 4 is 29.3 Å². The molecule has 2 rings (SSSR count). The molecule has 1 aliphatic rings. The quantitative estimate of drug-likeness (QED) is 0.808. The Hall–Kier alpha value is -1.53. The summed E-state index contributed by atoms with van der Waals surface area (Å²) < 4.78 is -1.12. The van der Waals surface area contributed by atoms with Gasteiger partial charge in [0.05, 0.1) is 5.69 Å². The molecule has 0 saturated heterocycles. The van der Waals surface area contributed by atoms with Crippen molar-refractivity contribution in [3.63, 3.8) is 0 Å². The lowest BCUT2D eigenvalue weighted by molar-refractivity contribution is -0.131. The summed E-state index contributed by atoms with van der Waals surface area (Å²) >= 11 is 1.33. The molecule has 0 aromatic heterocycles. The zero-order valence-corrected chi connectivity index (χ0v) is 15.1. The molecule has 0 unspecified atom stereocenters. The van der Waals surface area contributed by atoms with E-state index in [0.717, 1.165) is 30.2 Å². The van der Waals surface area contributed by atoms with Gasteiger partial charge in [-0.25, -0.2) is 0 Å². The Bertz CT molecular complexity index is 589. The van der Waals surface area contributed by atoms with Gasteiger partial charge in [0.15, 0.2) is 4.75 Å². The van der Waals surface area contributed by atoms with Crippen molar-refractivity contribution < 1.29 is 9.59 Å². The second-order valence-corrected chi connectivity index (χ2v) is 7.21. The number of carbonyl (C=O) groups is 2. The number of anilines is 1. The van der Waals surface area contributed by atoms with Crippen LogP contribution in [0.25, 0.3) is 0 Å². The number of nitrogens with zero attached hydrogens (tertiary/aromatic N) is 2. The van der Waals surface area contributed by atoms with Crippen LogP contribution >= 0.6 is 11.8 Å². The molecular formula is C17H25N3O2S. The second kappa shape index (κ2) is 7.36. The summed E-state index contributed by atoms with van der Waals surface area (Å²) in [6.45, 7) is 9.15. The normalized spacial score (nSPS) is 20.6. The maximum Gasteiger partial charge on any atom is 0.252 e. The Labute approximate surface area is 142 Å². The predicted molar refractivity (Wildman–Crippen MR) is 94.9 cm³/mol. The molecule has 0 fully saturated rings. The summed E-state index contributed by atoms with van der Waals surface area (Å²) in [4.78, 5) is 30.1. The van der Waals surface area contributed by atoms with Gasteiger partial charge < -0.3 is 15.1 Å². The van der Waals surface area contributed by atoms with Crippen LogP contribution in [-0.4, -0.2) is 54.7 Å². The van der Waals surface area contributed by atoms with E-state index in [4.69, 9.17) is 0 Å². The highest BCUT2D eigenvalue weighted by molar-refractivity contribution is 8.02. The third-order valence-corrected chi connectivity index (χ3v) is 5.63. The van der Waals surface area contributed by atoms with Crippen LogP contribution in [0.1, 0.15) is 20.8 Å². The molecule has 126 valence electrons. The van der Waals surface area contributed by atoms with E-state index < -0.39 is 4.75 Å². The number of para-hydroxylation sites is 1. The van der Waals surface area contributed by atoms with Crippen LogP contribution in [0.15, 0.2) is 29.2 Å². The van der Waals surface area contributed by atoms with Crippen molar-refractivity contribution in [2.24, 2.45) is 0 Å². The molecule has 1 aromatic rings. The Balaban J connectivity index is 2.09. The van der Waals surface area contributed by atoms with Gasteiger partial charge in [-0.3, -0.25) is 9.59 Å². The summed E-state index contributed by atoms with van der Waals surface area (Å²) in [6.07, 6.45) is 0. The van der Waals surface area contributed by atoms with E-state index in [1.165, 1.54) is 11.8 Å². The van der Waals surface area contributed by atoms with E-state index in [1.807, 2.05) is 24.3 Å². The fraction of sp³-hybridized carbons (Fsp3) is 0.529. The van der Waals surface area contributed by atoms with E-state index >= 15 is 0 Å². The van der Waals surface area contributed by atoms with Crippen LogP contribution in [0.2, 0.25) is 0 Å². The van der Waals surface area contributed by atoms with Crippen LogP contribution in [0.3, 0.4) is 0 Å². The Morgan fingerprint density at radius 1 is 1.30 bits per heavy atom. The summed E-state index contributed by atoms with van der Waals surface area (Å²) in [6, 6.07) is 7.67. The number of benzene rings is 1. The average molecular weight is 335 g/mol. The molecule has 0 aliphatic carbocycles. The van der Waals surface area contributed by atoms with E-state index in [1.54, 1.807) is 18.9 Å². The predicted octanol–water partition coefficient (Wildman–Crippen LogP) is 1.97. The average Bonchev–Trinajstić information content (AvgIpc) is 2.56. The minimum Gasteiger partial charge on any atom is -0.353 e. The molecule has 0 bridgehead atoms.